The number of nitrogens with two attached hydrogens (primary N) is 1. The number of hydrogen-bond acceptors (Lipinski definition) is 3. The molecule has 1 amide bonds. The van der Waals surface area contributed by atoms with Crippen molar-refractivity contribution in [2.24, 2.45) is 16.6 Å². The molecule has 0 aliphatic carbocycles. The van der Waals surface area contributed by atoms with Gasteiger partial charge in [-0.05, 0) is 6.92 Å². The zero-order valence-corrected chi connectivity index (χ0v) is 6.07. The smallest absolute Gasteiger partial charge is 0.233 e. The predicted molar refractivity (Wildman–Crippen MR) is 39.9 cm³/mol. The fourth-order valence-corrected chi connectivity index (χ4v) is 0.812. The maximum atomic E-state index is 11.0. The zero-order chi connectivity index (χ0) is 8.43. The van der Waals surface area contributed by atoms with E-state index in [1.165, 1.54) is 12.3 Å². The van der Waals surface area contributed by atoms with Gasteiger partial charge < -0.3 is 5.73 Å². The molecule has 1 aliphatic rings. The zero-order valence-electron chi connectivity index (χ0n) is 6.07. The Bertz CT molecular complexity index is 266. The molecule has 2 N–H and O–H groups in total. The van der Waals surface area contributed by atoms with Gasteiger partial charge in [0.25, 0.3) is 0 Å². The number of allylic oxidation sites excluding steroid dienone is 2. The molecule has 0 aromatic carbocycles. The molecule has 0 bridgehead atoms. The second-order valence-electron chi connectivity index (χ2n) is 2.35. The molecule has 1 unspecified atom stereocenters. The van der Waals surface area contributed by atoms with Gasteiger partial charge in [0.05, 0.1) is 0 Å². The van der Waals surface area contributed by atoms with Crippen LogP contribution in [-0.2, 0) is 9.59 Å². The molecule has 1 aliphatic heterocycles. The number of ketones is 1. The first kappa shape index (κ1) is 7.65. The number of carbonyl (C=O) groups is 2. The summed E-state index contributed by atoms with van der Waals surface area (Å²) in [5, 5.41) is 0. The lowest BCUT2D eigenvalue weighted by atomic mass is 10.0. The number of rotatable bonds is 1. The molecule has 0 fully saturated rings. The van der Waals surface area contributed by atoms with E-state index in [2.05, 4.69) is 4.99 Å². The van der Waals surface area contributed by atoms with Crippen molar-refractivity contribution in [3.63, 3.8) is 0 Å². The molecule has 0 spiro atoms. The summed E-state index contributed by atoms with van der Waals surface area (Å²) < 4.78 is 0. The van der Waals surface area contributed by atoms with E-state index in [0.717, 1.165) is 0 Å². The Morgan fingerprint density at radius 3 is 2.82 bits per heavy atom. The second-order valence-corrected chi connectivity index (χ2v) is 2.35. The molecule has 4 heteroatoms. The van der Waals surface area contributed by atoms with Crippen LogP contribution in [0.4, 0.5) is 0 Å². The van der Waals surface area contributed by atoms with Crippen LogP contribution >= 0.6 is 0 Å². The number of hydrogen-bond donors (Lipinski definition) is 1. The molecule has 1 heterocycles. The minimum Gasteiger partial charge on any atom is -0.369 e. The van der Waals surface area contributed by atoms with Crippen molar-refractivity contribution in [1.29, 1.82) is 0 Å². The van der Waals surface area contributed by atoms with Crippen LogP contribution in [0.25, 0.3) is 0 Å². The van der Waals surface area contributed by atoms with E-state index in [1.54, 1.807) is 6.92 Å². The Morgan fingerprint density at radius 2 is 2.36 bits per heavy atom. The quantitative estimate of drug-likeness (QED) is 0.521. The largest absolute Gasteiger partial charge is 0.369 e. The van der Waals surface area contributed by atoms with Gasteiger partial charge in [-0.1, -0.05) is 0 Å². The summed E-state index contributed by atoms with van der Waals surface area (Å²) in [6.45, 7) is 1.69. The molecule has 0 aromatic rings. The van der Waals surface area contributed by atoms with Crippen molar-refractivity contribution in [2.75, 3.05) is 0 Å². The number of primary amides is 1. The lowest BCUT2D eigenvalue weighted by Gasteiger charge is -2.07. The van der Waals surface area contributed by atoms with Crippen LogP contribution in [0.5, 0.6) is 0 Å². The lowest BCUT2D eigenvalue weighted by Crippen LogP contribution is -2.32. The number of carbonyl (C=O) groups excluding carboxylic acids is 2. The third-order valence-electron chi connectivity index (χ3n) is 1.39. The first-order valence-electron chi connectivity index (χ1n) is 3.17. The fraction of sp³-hybridized carbons (Fsp3) is 0.286. The first-order valence-corrected chi connectivity index (χ1v) is 3.17. The van der Waals surface area contributed by atoms with E-state index in [1.807, 2.05) is 0 Å². The van der Waals surface area contributed by atoms with E-state index in [4.69, 9.17) is 5.73 Å². The van der Waals surface area contributed by atoms with E-state index in [-0.39, 0.29) is 5.78 Å². The molecule has 0 radical (unpaired) electrons. The molecule has 0 saturated heterocycles. The van der Waals surface area contributed by atoms with Gasteiger partial charge in [0.1, 0.15) is 5.92 Å². The Balaban J connectivity index is 2.86. The summed E-state index contributed by atoms with van der Waals surface area (Å²) in [7, 11) is 0. The predicted octanol–water partition coefficient (Wildman–Crippen LogP) is -0.355. The summed E-state index contributed by atoms with van der Waals surface area (Å²) in [4.78, 5) is 25.3. The van der Waals surface area contributed by atoms with Gasteiger partial charge in [0.15, 0.2) is 5.78 Å². The van der Waals surface area contributed by atoms with Crippen LogP contribution in [0.3, 0.4) is 0 Å². The van der Waals surface area contributed by atoms with Crippen LogP contribution in [0.1, 0.15) is 6.92 Å². The highest BCUT2D eigenvalue weighted by atomic mass is 16.2. The average Bonchev–Trinajstić information content (AvgIpc) is 1.85. The Morgan fingerprint density at radius 1 is 1.73 bits per heavy atom. The van der Waals surface area contributed by atoms with Crippen molar-refractivity contribution >= 4 is 17.9 Å². The molecular weight excluding hydrogens is 144 g/mol. The van der Waals surface area contributed by atoms with Gasteiger partial charge in [0.2, 0.25) is 5.91 Å². The Kier molecular flexibility index (Phi) is 1.85. The summed E-state index contributed by atoms with van der Waals surface area (Å²) in [6, 6.07) is 0. The van der Waals surface area contributed by atoms with Gasteiger partial charge >= 0.3 is 0 Å². The first-order chi connectivity index (χ1) is 5.11. The summed E-state index contributed by atoms with van der Waals surface area (Å²) in [5.41, 5.74) is 5.53. The molecule has 4 nitrogen and oxygen atoms in total. The van der Waals surface area contributed by atoms with Gasteiger partial charge in [-0.3, -0.25) is 14.6 Å². The number of aliphatic imine (C=N–C) groups is 1. The minimum atomic E-state index is -0.862. The van der Waals surface area contributed by atoms with E-state index >= 15 is 0 Å². The normalized spacial score (nSPS) is 23.2. The van der Waals surface area contributed by atoms with Crippen LogP contribution < -0.4 is 5.73 Å². The number of nitrogens with zero attached hydrogens (tertiary/aromatic N) is 1. The van der Waals surface area contributed by atoms with Gasteiger partial charge in [-0.25, -0.2) is 0 Å². The van der Waals surface area contributed by atoms with Crippen LogP contribution in [-0.4, -0.2) is 17.9 Å². The summed E-state index contributed by atoms with van der Waals surface area (Å²) in [5.74, 6) is -1.80. The van der Waals surface area contributed by atoms with Crippen molar-refractivity contribution in [1.82, 2.24) is 0 Å². The van der Waals surface area contributed by atoms with Crippen molar-refractivity contribution in [2.45, 2.75) is 6.92 Å². The number of amides is 1. The summed E-state index contributed by atoms with van der Waals surface area (Å²) in [6.07, 6.45) is 2.59. The van der Waals surface area contributed by atoms with E-state index in [9.17, 15) is 9.59 Å². The molecular formula is C7H8N2O2. The van der Waals surface area contributed by atoms with E-state index < -0.39 is 11.8 Å². The highest BCUT2D eigenvalue weighted by molar-refractivity contribution is 6.18. The maximum absolute atomic E-state index is 11.0. The monoisotopic (exact) mass is 152 g/mol. The van der Waals surface area contributed by atoms with Gasteiger partial charge in [-0.2, -0.15) is 0 Å². The average molecular weight is 152 g/mol. The molecule has 11 heavy (non-hydrogen) atoms. The Labute approximate surface area is 63.8 Å². The second kappa shape index (κ2) is 2.65. The molecule has 1 atom stereocenters. The molecule has 58 valence electrons. The lowest BCUT2D eigenvalue weighted by molar-refractivity contribution is -0.126. The van der Waals surface area contributed by atoms with Crippen molar-refractivity contribution < 1.29 is 9.59 Å². The van der Waals surface area contributed by atoms with Crippen molar-refractivity contribution in [3.05, 3.63) is 11.8 Å². The van der Waals surface area contributed by atoms with Crippen LogP contribution in [0.2, 0.25) is 0 Å². The van der Waals surface area contributed by atoms with Gasteiger partial charge in [0, 0.05) is 18.0 Å². The highest BCUT2D eigenvalue weighted by Gasteiger charge is 2.22. The van der Waals surface area contributed by atoms with Gasteiger partial charge in [-0.15, -0.1) is 0 Å². The Hall–Kier alpha value is -1.45. The molecule has 0 saturated carbocycles. The molecule has 1 rings (SSSR count). The maximum Gasteiger partial charge on any atom is 0.233 e. The fourth-order valence-electron chi connectivity index (χ4n) is 0.812. The SMILES string of the molecule is CC1=CC(=O)C(C(N)=O)C=N1. The van der Waals surface area contributed by atoms with Crippen molar-refractivity contribution in [3.8, 4) is 0 Å². The topological polar surface area (TPSA) is 72.5 Å². The highest BCUT2D eigenvalue weighted by Crippen LogP contribution is 2.07. The van der Waals surface area contributed by atoms with Crippen LogP contribution in [0.15, 0.2) is 16.8 Å². The van der Waals surface area contributed by atoms with E-state index in [0.29, 0.717) is 5.70 Å². The third kappa shape index (κ3) is 1.52. The van der Waals surface area contributed by atoms with Crippen LogP contribution in [0, 0.1) is 5.92 Å². The molecule has 0 aromatic heterocycles. The minimum absolute atomic E-state index is 0.287. The third-order valence-corrected chi connectivity index (χ3v) is 1.39. The standard InChI is InChI=1S/C7H8N2O2/c1-4-2-6(10)5(3-9-4)7(8)11/h2-3,5H,1H3,(H2,8,11). The summed E-state index contributed by atoms with van der Waals surface area (Å²) >= 11 is 0.